The molecule has 3 rings (SSSR count). The van der Waals surface area contributed by atoms with E-state index in [4.69, 9.17) is 14.2 Å². The number of aryl methyl sites for hydroxylation is 1. The molecule has 1 amide bonds. The van der Waals surface area contributed by atoms with E-state index in [-0.39, 0.29) is 5.91 Å². The van der Waals surface area contributed by atoms with Crippen LogP contribution in [0, 0.1) is 6.92 Å². The Morgan fingerprint density at radius 2 is 1.77 bits per heavy atom. The van der Waals surface area contributed by atoms with Gasteiger partial charge in [-0.25, -0.2) is 0 Å². The minimum atomic E-state index is -0.125. The lowest BCUT2D eigenvalue weighted by Crippen LogP contribution is -2.19. The SMILES string of the molecule is COCCn1c(=NC(=O)CCCSc2ccc(C)cc2)sc2c(OC)ccc(OC)c21. The molecule has 0 fully saturated rings. The minimum Gasteiger partial charge on any atom is -0.495 e. The lowest BCUT2D eigenvalue weighted by atomic mass is 10.2. The van der Waals surface area contributed by atoms with Crippen LogP contribution in [0.2, 0.25) is 0 Å². The monoisotopic (exact) mass is 460 g/mol. The number of methoxy groups -OCH3 is 3. The summed E-state index contributed by atoms with van der Waals surface area (Å²) in [5.74, 6) is 2.20. The summed E-state index contributed by atoms with van der Waals surface area (Å²) in [7, 11) is 4.92. The summed E-state index contributed by atoms with van der Waals surface area (Å²) < 4.78 is 19.2. The van der Waals surface area contributed by atoms with Crippen molar-refractivity contribution in [3.05, 3.63) is 46.8 Å². The number of benzene rings is 2. The Kier molecular flexibility index (Phi) is 8.57. The number of carbonyl (C=O) groups excluding carboxylic acids is 1. The van der Waals surface area contributed by atoms with Crippen LogP contribution in [0.1, 0.15) is 18.4 Å². The van der Waals surface area contributed by atoms with Gasteiger partial charge in [0.1, 0.15) is 21.7 Å². The average molecular weight is 461 g/mol. The fourth-order valence-electron chi connectivity index (χ4n) is 3.14. The number of ether oxygens (including phenoxy) is 3. The summed E-state index contributed by atoms with van der Waals surface area (Å²) in [6.07, 6.45) is 1.18. The first-order valence-electron chi connectivity index (χ1n) is 10.1. The molecule has 8 heteroatoms. The van der Waals surface area contributed by atoms with Gasteiger partial charge in [-0.1, -0.05) is 29.0 Å². The summed E-state index contributed by atoms with van der Waals surface area (Å²) in [5.41, 5.74) is 2.11. The van der Waals surface area contributed by atoms with Crippen molar-refractivity contribution >= 4 is 39.2 Å². The van der Waals surface area contributed by atoms with Gasteiger partial charge in [-0.05, 0) is 43.4 Å². The van der Waals surface area contributed by atoms with Crippen LogP contribution < -0.4 is 14.3 Å². The summed E-state index contributed by atoms with van der Waals surface area (Å²) in [6.45, 7) is 3.14. The third-order valence-corrected chi connectivity index (χ3v) is 6.95. The number of rotatable bonds is 10. The Balaban J connectivity index is 1.79. The van der Waals surface area contributed by atoms with Crippen LogP contribution >= 0.6 is 23.1 Å². The molecule has 1 aromatic heterocycles. The van der Waals surface area contributed by atoms with Crippen molar-refractivity contribution in [2.75, 3.05) is 33.7 Å². The molecular formula is C23H28N2O4S2. The molecule has 2 aromatic carbocycles. The molecule has 31 heavy (non-hydrogen) atoms. The van der Waals surface area contributed by atoms with Crippen molar-refractivity contribution in [1.29, 1.82) is 0 Å². The van der Waals surface area contributed by atoms with Crippen molar-refractivity contribution in [3.8, 4) is 11.5 Å². The molecular weight excluding hydrogens is 432 g/mol. The lowest BCUT2D eigenvalue weighted by Gasteiger charge is -2.09. The summed E-state index contributed by atoms with van der Waals surface area (Å²) in [4.78, 5) is 18.9. The zero-order valence-electron chi connectivity index (χ0n) is 18.3. The van der Waals surface area contributed by atoms with Crippen LogP contribution in [-0.4, -0.2) is 44.2 Å². The van der Waals surface area contributed by atoms with Gasteiger partial charge in [0.05, 0.1) is 20.8 Å². The van der Waals surface area contributed by atoms with Gasteiger partial charge in [0.2, 0.25) is 5.91 Å². The standard InChI is InChI=1S/C23H28N2O4S2/c1-16-7-9-17(10-8-16)30-15-5-6-20(26)24-23-25(13-14-27-2)21-18(28-3)11-12-19(29-4)22(21)31-23/h7-12H,5-6,13-15H2,1-4H3. The Hall–Kier alpha value is -2.29. The van der Waals surface area contributed by atoms with Gasteiger partial charge < -0.3 is 18.8 Å². The second-order valence-corrected chi connectivity index (χ2v) is 9.09. The van der Waals surface area contributed by atoms with Gasteiger partial charge in [-0.2, -0.15) is 4.99 Å². The first kappa shape index (κ1) is 23.4. The van der Waals surface area contributed by atoms with Crippen LogP contribution in [0.25, 0.3) is 10.2 Å². The molecule has 0 spiro atoms. The number of thiazole rings is 1. The van der Waals surface area contributed by atoms with E-state index in [0.29, 0.717) is 30.1 Å². The molecule has 0 radical (unpaired) electrons. The second kappa shape index (κ2) is 11.4. The molecule has 6 nitrogen and oxygen atoms in total. The number of amides is 1. The summed E-state index contributed by atoms with van der Waals surface area (Å²) >= 11 is 3.19. The minimum absolute atomic E-state index is 0.125. The Morgan fingerprint density at radius 1 is 1.06 bits per heavy atom. The molecule has 0 unspecified atom stereocenters. The topological polar surface area (TPSA) is 62.1 Å². The predicted molar refractivity (Wildman–Crippen MR) is 127 cm³/mol. The zero-order valence-corrected chi connectivity index (χ0v) is 20.0. The number of thioether (sulfide) groups is 1. The van der Waals surface area contributed by atoms with E-state index in [9.17, 15) is 4.79 Å². The molecule has 0 aliphatic heterocycles. The highest BCUT2D eigenvalue weighted by Crippen LogP contribution is 2.35. The number of fused-ring (bicyclic) bond motifs is 1. The summed E-state index contributed by atoms with van der Waals surface area (Å²) in [5, 5.41) is 0. The van der Waals surface area contributed by atoms with Gasteiger partial charge in [0.15, 0.2) is 4.80 Å². The molecule has 0 atom stereocenters. The number of hydrogen-bond acceptors (Lipinski definition) is 6. The van der Waals surface area contributed by atoms with Crippen LogP contribution in [-0.2, 0) is 16.1 Å². The highest BCUT2D eigenvalue weighted by atomic mass is 32.2. The van der Waals surface area contributed by atoms with E-state index in [2.05, 4.69) is 36.2 Å². The quantitative estimate of drug-likeness (QED) is 0.325. The Bertz CT molecular complexity index is 1090. The summed E-state index contributed by atoms with van der Waals surface area (Å²) in [6, 6.07) is 12.2. The van der Waals surface area contributed by atoms with Gasteiger partial charge >= 0.3 is 0 Å². The van der Waals surface area contributed by atoms with Gasteiger partial charge in [-0.15, -0.1) is 11.8 Å². The Morgan fingerprint density at radius 3 is 2.45 bits per heavy atom. The number of nitrogens with zero attached hydrogens (tertiary/aromatic N) is 2. The molecule has 0 bridgehead atoms. The van der Waals surface area contributed by atoms with Gasteiger partial charge in [0, 0.05) is 25.0 Å². The first-order chi connectivity index (χ1) is 15.1. The van der Waals surface area contributed by atoms with E-state index in [1.807, 2.05) is 16.7 Å². The molecule has 0 aliphatic rings. The molecule has 0 saturated carbocycles. The fourth-order valence-corrected chi connectivity index (χ4v) is 5.18. The maximum absolute atomic E-state index is 12.6. The molecule has 0 aliphatic carbocycles. The van der Waals surface area contributed by atoms with E-state index in [0.717, 1.165) is 28.1 Å². The highest BCUT2D eigenvalue weighted by Gasteiger charge is 2.16. The molecule has 0 N–H and O–H groups in total. The van der Waals surface area contributed by atoms with E-state index < -0.39 is 0 Å². The maximum Gasteiger partial charge on any atom is 0.248 e. The number of hydrogen-bond donors (Lipinski definition) is 0. The van der Waals surface area contributed by atoms with Gasteiger partial charge in [0.25, 0.3) is 0 Å². The zero-order chi connectivity index (χ0) is 22.2. The normalized spacial score (nSPS) is 11.8. The van der Waals surface area contributed by atoms with E-state index in [1.54, 1.807) is 33.1 Å². The molecule has 166 valence electrons. The van der Waals surface area contributed by atoms with Crippen molar-refractivity contribution < 1.29 is 19.0 Å². The van der Waals surface area contributed by atoms with Crippen molar-refractivity contribution in [2.24, 2.45) is 4.99 Å². The third kappa shape index (κ3) is 5.90. The maximum atomic E-state index is 12.6. The van der Waals surface area contributed by atoms with Crippen LogP contribution in [0.3, 0.4) is 0 Å². The number of carbonyl (C=O) groups is 1. The van der Waals surface area contributed by atoms with E-state index >= 15 is 0 Å². The highest BCUT2D eigenvalue weighted by molar-refractivity contribution is 7.99. The van der Waals surface area contributed by atoms with Crippen LogP contribution in [0.15, 0.2) is 46.3 Å². The molecule has 0 saturated heterocycles. The van der Waals surface area contributed by atoms with Crippen molar-refractivity contribution in [2.45, 2.75) is 31.2 Å². The van der Waals surface area contributed by atoms with Gasteiger partial charge in [-0.3, -0.25) is 4.79 Å². The third-order valence-electron chi connectivity index (χ3n) is 4.76. The van der Waals surface area contributed by atoms with Crippen molar-refractivity contribution in [3.63, 3.8) is 0 Å². The number of aromatic nitrogens is 1. The van der Waals surface area contributed by atoms with Crippen molar-refractivity contribution in [1.82, 2.24) is 4.57 Å². The van der Waals surface area contributed by atoms with Crippen LogP contribution in [0.4, 0.5) is 0 Å². The van der Waals surface area contributed by atoms with E-state index in [1.165, 1.54) is 21.8 Å². The fraction of sp³-hybridized carbons (Fsp3) is 0.391. The molecule has 1 heterocycles. The first-order valence-corrected chi connectivity index (χ1v) is 11.9. The largest absolute Gasteiger partial charge is 0.495 e. The molecule has 3 aromatic rings. The smallest absolute Gasteiger partial charge is 0.248 e. The Labute approximate surface area is 190 Å². The lowest BCUT2D eigenvalue weighted by molar-refractivity contribution is -0.118. The second-order valence-electron chi connectivity index (χ2n) is 6.95. The average Bonchev–Trinajstić information content (AvgIpc) is 3.13. The van der Waals surface area contributed by atoms with Crippen LogP contribution in [0.5, 0.6) is 11.5 Å². The predicted octanol–water partition coefficient (Wildman–Crippen LogP) is 4.67.